The lowest BCUT2D eigenvalue weighted by Crippen LogP contribution is -2.33. The number of hydrogen-bond acceptors (Lipinski definition) is 5. The van der Waals surface area contributed by atoms with Gasteiger partial charge in [-0.1, -0.05) is 12.1 Å². The molecule has 0 saturated carbocycles. The predicted octanol–water partition coefficient (Wildman–Crippen LogP) is 3.13. The summed E-state index contributed by atoms with van der Waals surface area (Å²) < 4.78 is 18.2. The van der Waals surface area contributed by atoms with E-state index in [1.807, 2.05) is 13.0 Å². The fraction of sp³-hybridized carbons (Fsp3) is 0.333. The molecule has 2 unspecified atom stereocenters. The van der Waals surface area contributed by atoms with Gasteiger partial charge in [0.1, 0.15) is 24.3 Å². The maximum absolute atomic E-state index is 12.8. The van der Waals surface area contributed by atoms with Crippen LogP contribution in [-0.4, -0.2) is 29.3 Å². The number of benzene rings is 2. The molecule has 2 aromatic rings. The van der Waals surface area contributed by atoms with Crippen molar-refractivity contribution >= 4 is 5.69 Å². The van der Waals surface area contributed by atoms with E-state index >= 15 is 0 Å². The molecule has 2 aromatic carbocycles. The number of aliphatic hydroxyl groups is 1. The topological polar surface area (TPSA) is 84.6 Å². The van der Waals surface area contributed by atoms with Crippen molar-refractivity contribution in [1.29, 1.82) is 0 Å². The van der Waals surface area contributed by atoms with Crippen molar-refractivity contribution in [2.45, 2.75) is 26.0 Å². The molecule has 0 amide bonds. The van der Waals surface area contributed by atoms with Gasteiger partial charge in [0.25, 0.3) is 5.69 Å². The largest absolute Gasteiger partial charge is 0.491 e. The number of nitro benzene ring substituents is 1. The third-order valence-electron chi connectivity index (χ3n) is 3.85. The van der Waals surface area contributed by atoms with Crippen LogP contribution in [0.1, 0.15) is 24.1 Å². The van der Waals surface area contributed by atoms with Crippen LogP contribution >= 0.6 is 0 Å². The number of nitrogens with one attached hydrogen (secondary N) is 1. The molecule has 2 atom stereocenters. The van der Waals surface area contributed by atoms with Gasteiger partial charge in [0, 0.05) is 24.2 Å². The Hall–Kier alpha value is -2.51. The molecule has 0 aliphatic heterocycles. The first-order valence-corrected chi connectivity index (χ1v) is 7.91. The van der Waals surface area contributed by atoms with Gasteiger partial charge in [-0.15, -0.1) is 0 Å². The average molecular weight is 348 g/mol. The summed E-state index contributed by atoms with van der Waals surface area (Å²) in [4.78, 5) is 10.6. The molecule has 0 aliphatic rings. The highest BCUT2D eigenvalue weighted by Gasteiger charge is 2.15. The minimum Gasteiger partial charge on any atom is -0.491 e. The van der Waals surface area contributed by atoms with Crippen molar-refractivity contribution in [2.24, 2.45) is 0 Å². The lowest BCUT2D eigenvalue weighted by Gasteiger charge is -2.18. The zero-order valence-corrected chi connectivity index (χ0v) is 14.1. The molecule has 25 heavy (non-hydrogen) atoms. The van der Waals surface area contributed by atoms with Gasteiger partial charge < -0.3 is 15.2 Å². The second kappa shape index (κ2) is 8.55. The Bertz CT molecular complexity index is 722. The summed E-state index contributed by atoms with van der Waals surface area (Å²) in [7, 11) is 0. The highest BCUT2D eigenvalue weighted by Crippen LogP contribution is 2.23. The SMILES string of the molecule is Cc1ccc(C(C)NCC(O)COc2ccc(F)cc2)cc1[N+](=O)[O-]. The van der Waals surface area contributed by atoms with Crippen LogP contribution in [0.2, 0.25) is 0 Å². The summed E-state index contributed by atoms with van der Waals surface area (Å²) in [6.07, 6.45) is -0.770. The highest BCUT2D eigenvalue weighted by molar-refractivity contribution is 5.43. The van der Waals surface area contributed by atoms with E-state index in [1.165, 1.54) is 30.3 Å². The lowest BCUT2D eigenvalue weighted by molar-refractivity contribution is -0.385. The van der Waals surface area contributed by atoms with Crippen LogP contribution in [0.5, 0.6) is 5.75 Å². The van der Waals surface area contributed by atoms with Gasteiger partial charge in [0.2, 0.25) is 0 Å². The number of nitrogens with zero attached hydrogens (tertiary/aromatic N) is 1. The molecule has 0 heterocycles. The quantitative estimate of drug-likeness (QED) is 0.565. The fourth-order valence-corrected chi connectivity index (χ4v) is 2.31. The Morgan fingerprint density at radius 1 is 1.28 bits per heavy atom. The van der Waals surface area contributed by atoms with Crippen LogP contribution in [-0.2, 0) is 0 Å². The number of aliphatic hydroxyl groups excluding tert-OH is 1. The molecule has 0 aliphatic carbocycles. The number of rotatable bonds is 8. The second-order valence-corrected chi connectivity index (χ2v) is 5.85. The molecule has 134 valence electrons. The van der Waals surface area contributed by atoms with Crippen LogP contribution in [0.3, 0.4) is 0 Å². The smallest absolute Gasteiger partial charge is 0.272 e. The molecular formula is C18H21FN2O4. The molecule has 0 saturated heterocycles. The summed E-state index contributed by atoms with van der Waals surface area (Å²) in [5, 5.41) is 24.1. The standard InChI is InChI=1S/C18H21FN2O4/c1-12-3-4-14(9-18(12)21(23)24)13(2)20-10-16(22)11-25-17-7-5-15(19)6-8-17/h3-9,13,16,20,22H,10-11H2,1-2H3. The number of nitro groups is 1. The summed E-state index contributed by atoms with van der Waals surface area (Å²) in [6, 6.07) is 10.4. The highest BCUT2D eigenvalue weighted by atomic mass is 19.1. The van der Waals surface area contributed by atoms with Gasteiger partial charge in [-0.05, 0) is 43.7 Å². The Balaban J connectivity index is 1.84. The maximum atomic E-state index is 12.8. The van der Waals surface area contributed by atoms with E-state index in [0.29, 0.717) is 11.3 Å². The first-order valence-electron chi connectivity index (χ1n) is 7.91. The van der Waals surface area contributed by atoms with Gasteiger partial charge in [0.15, 0.2) is 0 Å². The molecular weight excluding hydrogens is 327 g/mol. The third kappa shape index (κ3) is 5.51. The van der Waals surface area contributed by atoms with Gasteiger partial charge in [0.05, 0.1) is 4.92 Å². The van der Waals surface area contributed by atoms with Gasteiger partial charge in [-0.2, -0.15) is 0 Å². The minimum absolute atomic E-state index is 0.0550. The van der Waals surface area contributed by atoms with E-state index in [4.69, 9.17) is 4.74 Å². The maximum Gasteiger partial charge on any atom is 0.272 e. The van der Waals surface area contributed by atoms with Crippen molar-refractivity contribution in [2.75, 3.05) is 13.2 Å². The van der Waals surface area contributed by atoms with E-state index in [2.05, 4.69) is 5.32 Å². The van der Waals surface area contributed by atoms with Gasteiger partial charge >= 0.3 is 0 Å². The van der Waals surface area contributed by atoms with Crippen molar-refractivity contribution in [1.82, 2.24) is 5.32 Å². The summed E-state index contributed by atoms with van der Waals surface area (Å²) >= 11 is 0. The van der Waals surface area contributed by atoms with E-state index in [9.17, 15) is 19.6 Å². The van der Waals surface area contributed by atoms with Crippen molar-refractivity contribution < 1.29 is 19.2 Å². The Morgan fingerprint density at radius 3 is 2.60 bits per heavy atom. The normalized spacial score (nSPS) is 13.3. The van der Waals surface area contributed by atoms with E-state index in [1.54, 1.807) is 13.0 Å². The van der Waals surface area contributed by atoms with E-state index in [-0.39, 0.29) is 30.7 Å². The molecule has 0 spiro atoms. The molecule has 6 nitrogen and oxygen atoms in total. The lowest BCUT2D eigenvalue weighted by atomic mass is 10.0. The minimum atomic E-state index is -0.770. The Kier molecular flexibility index (Phi) is 6.44. The van der Waals surface area contributed by atoms with Crippen molar-refractivity contribution in [3.63, 3.8) is 0 Å². The zero-order valence-electron chi connectivity index (χ0n) is 14.1. The van der Waals surface area contributed by atoms with Crippen LogP contribution in [0.25, 0.3) is 0 Å². The number of hydrogen-bond donors (Lipinski definition) is 2. The third-order valence-corrected chi connectivity index (χ3v) is 3.85. The molecule has 0 fully saturated rings. The number of ether oxygens (including phenoxy) is 1. The molecule has 0 radical (unpaired) electrons. The molecule has 2 rings (SSSR count). The molecule has 7 heteroatoms. The monoisotopic (exact) mass is 348 g/mol. The van der Waals surface area contributed by atoms with Crippen molar-refractivity contribution in [3.8, 4) is 5.75 Å². The number of halogens is 1. The van der Waals surface area contributed by atoms with Crippen molar-refractivity contribution in [3.05, 3.63) is 69.5 Å². The Morgan fingerprint density at radius 2 is 1.96 bits per heavy atom. The summed E-state index contributed by atoms with van der Waals surface area (Å²) in [5.41, 5.74) is 1.45. The number of aryl methyl sites for hydroxylation is 1. The summed E-state index contributed by atoms with van der Waals surface area (Å²) in [6.45, 7) is 3.86. The predicted molar refractivity (Wildman–Crippen MR) is 92.2 cm³/mol. The van der Waals surface area contributed by atoms with Crippen LogP contribution in [0, 0.1) is 22.9 Å². The molecule has 0 aromatic heterocycles. The first kappa shape index (κ1) is 18.8. The average Bonchev–Trinajstić information content (AvgIpc) is 2.59. The van der Waals surface area contributed by atoms with Gasteiger partial charge in [-0.25, -0.2) is 4.39 Å². The molecule has 2 N–H and O–H groups in total. The van der Waals surface area contributed by atoms with E-state index < -0.39 is 11.0 Å². The fourth-order valence-electron chi connectivity index (χ4n) is 2.31. The Labute approximate surface area is 145 Å². The second-order valence-electron chi connectivity index (χ2n) is 5.85. The van der Waals surface area contributed by atoms with E-state index in [0.717, 1.165) is 5.56 Å². The zero-order chi connectivity index (χ0) is 18.4. The first-order chi connectivity index (χ1) is 11.9. The van der Waals surface area contributed by atoms with Crippen LogP contribution < -0.4 is 10.1 Å². The van der Waals surface area contributed by atoms with Crippen LogP contribution in [0.4, 0.5) is 10.1 Å². The summed E-state index contributed by atoms with van der Waals surface area (Å²) in [5.74, 6) is 0.123. The van der Waals surface area contributed by atoms with Gasteiger partial charge in [-0.3, -0.25) is 10.1 Å². The molecule has 0 bridgehead atoms. The van der Waals surface area contributed by atoms with Crippen LogP contribution in [0.15, 0.2) is 42.5 Å².